The van der Waals surface area contributed by atoms with E-state index in [4.69, 9.17) is 16.9 Å². The smallest absolute Gasteiger partial charge is 0.220 e. The van der Waals surface area contributed by atoms with Gasteiger partial charge in [0.2, 0.25) is 5.91 Å². The molecule has 152 valence electrons. The molecular weight excluding hydrogens is 390 g/mol. The molecule has 3 rings (SSSR count). The summed E-state index contributed by atoms with van der Waals surface area (Å²) < 4.78 is 0. The van der Waals surface area contributed by atoms with Gasteiger partial charge in [0, 0.05) is 24.1 Å². The number of carbonyl (C=O) groups is 1. The van der Waals surface area contributed by atoms with Crippen LogP contribution in [0.1, 0.15) is 35.6 Å². The summed E-state index contributed by atoms with van der Waals surface area (Å²) in [7, 11) is 0. The van der Waals surface area contributed by atoms with Crippen LogP contribution in [0.3, 0.4) is 0 Å². The number of aliphatic hydroxyl groups is 2. The maximum absolute atomic E-state index is 12.2. The van der Waals surface area contributed by atoms with Crippen LogP contribution in [0.15, 0.2) is 42.5 Å². The van der Waals surface area contributed by atoms with Crippen LogP contribution in [0, 0.1) is 23.7 Å². The first-order valence-corrected chi connectivity index (χ1v) is 9.83. The molecule has 1 aliphatic rings. The van der Waals surface area contributed by atoms with Crippen LogP contribution in [0.2, 0.25) is 5.02 Å². The monoisotopic (exact) mass is 413 g/mol. The van der Waals surface area contributed by atoms with E-state index < -0.39 is 11.5 Å². The fraction of sp³-hybridized carbons (Fsp3) is 0.364. The summed E-state index contributed by atoms with van der Waals surface area (Å²) in [5, 5.41) is 35.5. The second kappa shape index (κ2) is 8.83. The number of benzene rings is 2. The van der Waals surface area contributed by atoms with Gasteiger partial charge in [-0.25, -0.2) is 0 Å². The zero-order valence-electron chi connectivity index (χ0n) is 16.2. The third kappa shape index (κ3) is 4.54. The van der Waals surface area contributed by atoms with Crippen molar-refractivity contribution in [3.05, 3.63) is 64.2 Å². The lowest BCUT2D eigenvalue weighted by Gasteiger charge is -2.39. The minimum atomic E-state index is -0.944. The Kier molecular flexibility index (Phi) is 6.43. The molecule has 0 radical (unpaired) electrons. The number of nitriles is 1. The second-order valence-corrected chi connectivity index (χ2v) is 8.00. The quantitative estimate of drug-likeness (QED) is 0.558. The SMILES string of the molecule is Cc1ccccc1C(Nc1ccc(C#N)c(Cl)c1)[C@]1(CC(O)CO)CNC(=O)C1. The van der Waals surface area contributed by atoms with Gasteiger partial charge in [-0.3, -0.25) is 4.79 Å². The normalized spacial score (nSPS) is 20.6. The number of rotatable bonds is 7. The average Bonchev–Trinajstić information content (AvgIpc) is 3.08. The number of nitrogens with one attached hydrogen (secondary N) is 2. The van der Waals surface area contributed by atoms with E-state index in [2.05, 4.69) is 10.6 Å². The van der Waals surface area contributed by atoms with E-state index in [1.165, 1.54) is 0 Å². The molecule has 3 atom stereocenters. The molecule has 29 heavy (non-hydrogen) atoms. The molecule has 2 unspecified atom stereocenters. The molecule has 2 aromatic carbocycles. The molecule has 4 N–H and O–H groups in total. The van der Waals surface area contributed by atoms with Gasteiger partial charge in [0.15, 0.2) is 0 Å². The first-order chi connectivity index (χ1) is 13.9. The lowest BCUT2D eigenvalue weighted by Crippen LogP contribution is -2.40. The van der Waals surface area contributed by atoms with Crippen molar-refractivity contribution >= 4 is 23.2 Å². The summed E-state index contributed by atoms with van der Waals surface area (Å²) in [5.41, 5.74) is 2.48. The van der Waals surface area contributed by atoms with E-state index in [-0.39, 0.29) is 31.4 Å². The molecule has 1 amide bonds. The molecule has 0 bridgehead atoms. The Morgan fingerprint density at radius 2 is 2.10 bits per heavy atom. The van der Waals surface area contributed by atoms with E-state index in [1.807, 2.05) is 37.3 Å². The maximum Gasteiger partial charge on any atom is 0.220 e. The first kappa shape index (κ1) is 21.1. The number of nitrogens with zero attached hydrogens (tertiary/aromatic N) is 1. The van der Waals surface area contributed by atoms with E-state index in [1.54, 1.807) is 18.2 Å². The van der Waals surface area contributed by atoms with E-state index in [0.29, 0.717) is 22.8 Å². The number of aliphatic hydroxyl groups excluding tert-OH is 2. The molecule has 6 nitrogen and oxygen atoms in total. The van der Waals surface area contributed by atoms with E-state index in [0.717, 1.165) is 11.1 Å². The highest BCUT2D eigenvalue weighted by molar-refractivity contribution is 6.32. The Hall–Kier alpha value is -2.59. The maximum atomic E-state index is 12.2. The fourth-order valence-electron chi connectivity index (χ4n) is 4.05. The van der Waals surface area contributed by atoms with Gasteiger partial charge in [-0.05, 0) is 42.7 Å². The summed E-state index contributed by atoms with van der Waals surface area (Å²) in [6.45, 7) is 1.99. The van der Waals surface area contributed by atoms with Crippen LogP contribution in [0.25, 0.3) is 0 Å². The van der Waals surface area contributed by atoms with Crippen LogP contribution in [-0.2, 0) is 4.79 Å². The Balaban J connectivity index is 2.07. The average molecular weight is 414 g/mol. The molecule has 1 saturated heterocycles. The molecule has 0 spiro atoms. The van der Waals surface area contributed by atoms with Crippen LogP contribution < -0.4 is 10.6 Å². The molecule has 0 saturated carbocycles. The highest BCUT2D eigenvalue weighted by Gasteiger charge is 2.47. The van der Waals surface area contributed by atoms with Gasteiger partial charge in [0.25, 0.3) is 0 Å². The van der Waals surface area contributed by atoms with E-state index >= 15 is 0 Å². The molecule has 1 heterocycles. The van der Waals surface area contributed by atoms with Gasteiger partial charge in [0.05, 0.1) is 29.3 Å². The van der Waals surface area contributed by atoms with Crippen molar-refractivity contribution < 1.29 is 15.0 Å². The minimum absolute atomic E-state index is 0.0895. The van der Waals surface area contributed by atoms with Crippen molar-refractivity contribution in [1.82, 2.24) is 5.32 Å². The largest absolute Gasteiger partial charge is 0.394 e. The zero-order chi connectivity index (χ0) is 21.0. The number of carbonyl (C=O) groups excluding carboxylic acids is 1. The van der Waals surface area contributed by atoms with Gasteiger partial charge >= 0.3 is 0 Å². The molecule has 0 aromatic heterocycles. The topological polar surface area (TPSA) is 105 Å². The first-order valence-electron chi connectivity index (χ1n) is 9.46. The van der Waals surface area contributed by atoms with Crippen LogP contribution >= 0.6 is 11.6 Å². The summed E-state index contributed by atoms with van der Waals surface area (Å²) in [6, 6.07) is 14.7. The predicted molar refractivity (Wildman–Crippen MR) is 111 cm³/mol. The van der Waals surface area contributed by atoms with Crippen LogP contribution in [-0.4, -0.2) is 35.4 Å². The second-order valence-electron chi connectivity index (χ2n) is 7.60. The number of halogens is 1. The predicted octanol–water partition coefficient (Wildman–Crippen LogP) is 2.92. The number of anilines is 1. The summed E-state index contributed by atoms with van der Waals surface area (Å²) >= 11 is 6.21. The van der Waals surface area contributed by atoms with Crippen LogP contribution in [0.4, 0.5) is 5.69 Å². The minimum Gasteiger partial charge on any atom is -0.394 e. The third-order valence-electron chi connectivity index (χ3n) is 5.52. The lowest BCUT2D eigenvalue weighted by molar-refractivity contribution is -0.119. The van der Waals surface area contributed by atoms with Crippen molar-refractivity contribution in [1.29, 1.82) is 5.26 Å². The van der Waals surface area contributed by atoms with Gasteiger partial charge in [-0.1, -0.05) is 35.9 Å². The fourth-order valence-corrected chi connectivity index (χ4v) is 4.28. The van der Waals surface area contributed by atoms with Gasteiger partial charge in [-0.15, -0.1) is 0 Å². The summed E-state index contributed by atoms with van der Waals surface area (Å²) in [5.74, 6) is -0.0895. The Morgan fingerprint density at radius 3 is 2.69 bits per heavy atom. The van der Waals surface area contributed by atoms with Gasteiger partial charge in [0.1, 0.15) is 6.07 Å². The van der Waals surface area contributed by atoms with Crippen molar-refractivity contribution in [2.24, 2.45) is 5.41 Å². The molecular formula is C22H24ClN3O3. The van der Waals surface area contributed by atoms with Gasteiger partial charge < -0.3 is 20.8 Å². The lowest BCUT2D eigenvalue weighted by atomic mass is 9.71. The van der Waals surface area contributed by atoms with Crippen molar-refractivity contribution in [3.63, 3.8) is 0 Å². The molecule has 2 aromatic rings. The number of hydrogen-bond acceptors (Lipinski definition) is 5. The summed E-state index contributed by atoms with van der Waals surface area (Å²) in [4.78, 5) is 12.2. The number of aryl methyl sites for hydroxylation is 1. The summed E-state index contributed by atoms with van der Waals surface area (Å²) in [6.07, 6.45) is -0.473. The Labute approximate surface area is 175 Å². The standard InChI is InChI=1S/C22H24ClN3O3/c1-14-4-2-3-5-18(14)21(26-16-7-6-15(11-24)19(23)8-16)22(9-17(28)12-27)10-20(29)25-13-22/h2-8,17,21,26-28H,9-10,12-13H2,1H3,(H,25,29)/t17?,21?,22-/m0/s1. The molecule has 1 aliphatic heterocycles. The van der Waals surface area contributed by atoms with Crippen molar-refractivity contribution in [2.75, 3.05) is 18.5 Å². The zero-order valence-corrected chi connectivity index (χ0v) is 16.9. The Bertz CT molecular complexity index is 943. The highest BCUT2D eigenvalue weighted by Crippen LogP contribution is 2.46. The molecule has 1 fully saturated rings. The molecule has 0 aliphatic carbocycles. The highest BCUT2D eigenvalue weighted by atomic mass is 35.5. The van der Waals surface area contributed by atoms with Crippen LogP contribution in [0.5, 0.6) is 0 Å². The number of amides is 1. The Morgan fingerprint density at radius 1 is 1.34 bits per heavy atom. The number of hydrogen-bond donors (Lipinski definition) is 4. The third-order valence-corrected chi connectivity index (χ3v) is 5.83. The molecule has 7 heteroatoms. The van der Waals surface area contributed by atoms with E-state index in [9.17, 15) is 15.0 Å². The van der Waals surface area contributed by atoms with Crippen molar-refractivity contribution in [2.45, 2.75) is 31.9 Å². The van der Waals surface area contributed by atoms with Crippen molar-refractivity contribution in [3.8, 4) is 6.07 Å². The van der Waals surface area contributed by atoms with Gasteiger partial charge in [-0.2, -0.15) is 5.26 Å².